The standard InChI is InChI=1S/C41H52ClF3N8O7/c1-49(2)34(54)25-59-35(55)14-17-50-15-8-27(9-16-50)28-10-18-51(19-11-28)38(56)33(24-26-22-31(41(43,44)45)36(46)32(42)23-26)60-40(58)52-20-12-30(13-21-52)53-39(57)47-37(48-53)29-6-4-3-5-7-29/h3-7,22-23,27-28,30,33H,8-21,24-25,46H2,1-2H3,(H,47,48,57)/t33-/m1/s1. The molecule has 4 heterocycles. The number of halogens is 4. The number of benzene rings is 2. The number of alkyl halides is 3. The first-order chi connectivity index (χ1) is 28.6. The molecule has 19 heteroatoms. The predicted octanol–water partition coefficient (Wildman–Crippen LogP) is 4.85. The minimum Gasteiger partial charge on any atom is -0.456 e. The first kappa shape index (κ1) is 44.5. The van der Waals surface area contributed by atoms with Crippen LogP contribution in [-0.4, -0.2) is 131 Å². The normalized spacial score (nSPS) is 18.0. The molecule has 0 bridgehead atoms. The van der Waals surface area contributed by atoms with E-state index in [4.69, 9.17) is 26.8 Å². The van der Waals surface area contributed by atoms with Crippen molar-refractivity contribution in [1.82, 2.24) is 34.4 Å². The van der Waals surface area contributed by atoms with Gasteiger partial charge in [0.1, 0.15) is 0 Å². The second-order valence-electron chi connectivity index (χ2n) is 16.0. The van der Waals surface area contributed by atoms with Crippen molar-refractivity contribution in [3.05, 3.63) is 69.1 Å². The molecule has 3 aliphatic rings. The number of amides is 3. The summed E-state index contributed by atoms with van der Waals surface area (Å²) >= 11 is 6.13. The number of rotatable bonds is 12. The maximum Gasteiger partial charge on any atom is 0.418 e. The van der Waals surface area contributed by atoms with E-state index >= 15 is 0 Å². The number of nitrogens with two attached hydrogens (primary N) is 1. The Hall–Kier alpha value is -5.10. The Morgan fingerprint density at radius 3 is 2.17 bits per heavy atom. The van der Waals surface area contributed by atoms with E-state index in [0.717, 1.165) is 37.6 Å². The summed E-state index contributed by atoms with van der Waals surface area (Å²) in [5.74, 6) is -0.0199. The summed E-state index contributed by atoms with van der Waals surface area (Å²) in [6.45, 7) is 3.04. The molecule has 0 saturated carbocycles. The van der Waals surface area contributed by atoms with E-state index in [1.54, 1.807) is 19.0 Å². The van der Waals surface area contributed by atoms with E-state index in [1.807, 2.05) is 30.3 Å². The molecule has 15 nitrogen and oxygen atoms in total. The highest BCUT2D eigenvalue weighted by molar-refractivity contribution is 6.33. The molecular weight excluding hydrogens is 809 g/mol. The molecule has 3 amide bonds. The van der Waals surface area contributed by atoms with E-state index in [2.05, 4.69) is 15.0 Å². The van der Waals surface area contributed by atoms with Crippen LogP contribution in [0.2, 0.25) is 5.02 Å². The molecule has 3 aromatic rings. The molecule has 0 aliphatic carbocycles. The number of carbonyl (C=O) groups excluding carboxylic acids is 4. The van der Waals surface area contributed by atoms with Crippen LogP contribution in [0.1, 0.15) is 62.1 Å². The lowest BCUT2D eigenvalue weighted by atomic mass is 9.78. The molecule has 1 aromatic heterocycles. The van der Waals surface area contributed by atoms with Gasteiger partial charge in [0.25, 0.3) is 11.8 Å². The molecule has 0 radical (unpaired) electrons. The fraction of sp³-hybridized carbons (Fsp3) is 0.561. The Balaban J connectivity index is 1.05. The van der Waals surface area contributed by atoms with Gasteiger partial charge in [-0.05, 0) is 81.1 Å². The summed E-state index contributed by atoms with van der Waals surface area (Å²) in [6, 6.07) is 11.0. The van der Waals surface area contributed by atoms with Crippen LogP contribution in [0.5, 0.6) is 0 Å². The number of piperidine rings is 3. The number of nitrogens with one attached hydrogen (secondary N) is 1. The van der Waals surface area contributed by atoms with Gasteiger partial charge in [0, 0.05) is 58.8 Å². The maximum absolute atomic E-state index is 14.2. The highest BCUT2D eigenvalue weighted by Crippen LogP contribution is 2.39. The number of H-pyrrole nitrogens is 1. The zero-order valence-electron chi connectivity index (χ0n) is 33.8. The average Bonchev–Trinajstić information content (AvgIpc) is 3.64. The van der Waals surface area contributed by atoms with Crippen molar-refractivity contribution in [1.29, 1.82) is 0 Å². The number of nitrogen functional groups attached to an aromatic ring is 1. The van der Waals surface area contributed by atoms with Gasteiger partial charge in [0.05, 0.1) is 28.7 Å². The first-order valence-electron chi connectivity index (χ1n) is 20.3. The van der Waals surface area contributed by atoms with Crippen LogP contribution in [0.3, 0.4) is 0 Å². The minimum atomic E-state index is -4.81. The lowest BCUT2D eigenvalue weighted by molar-refractivity contribution is -0.151. The topological polar surface area (TPSA) is 176 Å². The number of likely N-dealkylation sites (tertiary alicyclic amines) is 3. The van der Waals surface area contributed by atoms with Gasteiger partial charge < -0.3 is 34.8 Å². The number of ether oxygens (including phenoxy) is 2. The summed E-state index contributed by atoms with van der Waals surface area (Å²) in [4.78, 5) is 73.8. The zero-order valence-corrected chi connectivity index (χ0v) is 34.6. The van der Waals surface area contributed by atoms with E-state index in [1.165, 1.54) is 20.5 Å². The van der Waals surface area contributed by atoms with Crippen molar-refractivity contribution in [2.24, 2.45) is 11.8 Å². The highest BCUT2D eigenvalue weighted by atomic mass is 35.5. The highest BCUT2D eigenvalue weighted by Gasteiger charge is 2.38. The molecule has 6 rings (SSSR count). The molecule has 1 atom stereocenters. The third kappa shape index (κ3) is 11.2. The molecule has 0 unspecified atom stereocenters. The van der Waals surface area contributed by atoms with Crippen LogP contribution in [0.25, 0.3) is 11.4 Å². The number of hydrogen-bond donors (Lipinski definition) is 2. The quantitative estimate of drug-likeness (QED) is 0.189. The number of nitrogens with zero attached hydrogens (tertiary/aromatic N) is 6. The third-order valence-electron chi connectivity index (χ3n) is 11.8. The summed E-state index contributed by atoms with van der Waals surface area (Å²) in [5.41, 5.74) is 4.32. The van der Waals surface area contributed by atoms with Crippen LogP contribution in [0.15, 0.2) is 47.3 Å². The van der Waals surface area contributed by atoms with Gasteiger partial charge in [-0.25, -0.2) is 14.3 Å². The van der Waals surface area contributed by atoms with E-state index in [0.29, 0.717) is 63.0 Å². The minimum absolute atomic E-state index is 0.0375. The average molecular weight is 861 g/mol. The molecule has 3 fully saturated rings. The first-order valence-corrected chi connectivity index (χ1v) is 20.7. The SMILES string of the molecule is CN(C)C(=O)COC(=O)CCN1CCC(C2CCN(C(=O)[C@@H](Cc3cc(Cl)c(N)c(C(F)(F)F)c3)OC(=O)N3CCC(n4nc(-c5ccccc5)[nH]c4=O)CC3)CC2)CC1. The number of aromatic amines is 1. The van der Waals surface area contributed by atoms with Gasteiger partial charge in [-0.2, -0.15) is 13.2 Å². The maximum atomic E-state index is 14.2. The Morgan fingerprint density at radius 1 is 0.933 bits per heavy atom. The second kappa shape index (κ2) is 19.5. The van der Waals surface area contributed by atoms with Gasteiger partial charge in [-0.3, -0.25) is 19.4 Å². The third-order valence-corrected chi connectivity index (χ3v) is 12.1. The number of esters is 1. The summed E-state index contributed by atoms with van der Waals surface area (Å²) in [5, 5.41) is 4.16. The van der Waals surface area contributed by atoms with Crippen LogP contribution in [0.4, 0.5) is 23.7 Å². The van der Waals surface area contributed by atoms with Gasteiger partial charge in [0.15, 0.2) is 18.5 Å². The van der Waals surface area contributed by atoms with Gasteiger partial charge in [0.2, 0.25) is 0 Å². The van der Waals surface area contributed by atoms with Crippen molar-refractivity contribution >= 4 is 41.2 Å². The number of hydrogen-bond acceptors (Lipinski definition) is 10. The van der Waals surface area contributed by atoms with Crippen molar-refractivity contribution in [2.75, 3.05) is 72.2 Å². The number of anilines is 1. The molecule has 3 saturated heterocycles. The molecule has 2 aromatic carbocycles. The lowest BCUT2D eigenvalue weighted by Gasteiger charge is -2.41. The van der Waals surface area contributed by atoms with Crippen molar-refractivity contribution in [2.45, 2.75) is 69.7 Å². The van der Waals surface area contributed by atoms with E-state index in [9.17, 15) is 37.1 Å². The van der Waals surface area contributed by atoms with Crippen molar-refractivity contribution in [3.63, 3.8) is 0 Å². The van der Waals surface area contributed by atoms with Gasteiger partial charge in [-0.15, -0.1) is 5.10 Å². The molecule has 60 heavy (non-hydrogen) atoms. The Morgan fingerprint density at radius 2 is 1.55 bits per heavy atom. The van der Waals surface area contributed by atoms with Gasteiger partial charge in [-0.1, -0.05) is 41.9 Å². The number of likely N-dealkylation sites (N-methyl/N-ethyl adjacent to an activating group) is 1. The Kier molecular flexibility index (Phi) is 14.5. The fourth-order valence-corrected chi connectivity index (χ4v) is 8.50. The van der Waals surface area contributed by atoms with Gasteiger partial charge >= 0.3 is 23.9 Å². The lowest BCUT2D eigenvalue weighted by Crippen LogP contribution is -2.49. The summed E-state index contributed by atoms with van der Waals surface area (Å²) in [6.07, 6.45) is -3.17. The van der Waals surface area contributed by atoms with Crippen molar-refractivity contribution in [3.8, 4) is 11.4 Å². The Bertz CT molecular complexity index is 2040. The summed E-state index contributed by atoms with van der Waals surface area (Å²) in [7, 11) is 3.19. The fourth-order valence-electron chi connectivity index (χ4n) is 8.25. The smallest absolute Gasteiger partial charge is 0.418 e. The molecule has 3 N–H and O–H groups in total. The van der Waals surface area contributed by atoms with Crippen LogP contribution >= 0.6 is 11.6 Å². The zero-order chi connectivity index (χ0) is 43.1. The summed E-state index contributed by atoms with van der Waals surface area (Å²) < 4.78 is 54.0. The van der Waals surface area contributed by atoms with Crippen LogP contribution in [-0.2, 0) is 36.5 Å². The van der Waals surface area contributed by atoms with E-state index < -0.39 is 41.5 Å². The predicted molar refractivity (Wildman–Crippen MR) is 216 cm³/mol. The molecular formula is C41H52ClF3N8O7. The largest absolute Gasteiger partial charge is 0.456 e. The van der Waals surface area contributed by atoms with E-state index in [-0.39, 0.29) is 60.8 Å². The van der Waals surface area contributed by atoms with Crippen LogP contribution < -0.4 is 11.4 Å². The number of aromatic nitrogens is 3. The number of carbonyl (C=O) groups is 4. The molecule has 3 aliphatic heterocycles. The second-order valence-corrected chi connectivity index (χ2v) is 16.4. The monoisotopic (exact) mass is 860 g/mol. The molecule has 326 valence electrons. The van der Waals surface area contributed by atoms with Crippen molar-refractivity contribution < 1.29 is 41.8 Å². The molecule has 0 spiro atoms. The Labute approximate surface area is 350 Å². The van der Waals surface area contributed by atoms with Crippen LogP contribution in [0, 0.1) is 11.8 Å².